The van der Waals surface area contributed by atoms with Crippen molar-refractivity contribution in [3.05, 3.63) is 84.2 Å². The van der Waals surface area contributed by atoms with Crippen LogP contribution in [0.5, 0.6) is 5.75 Å². The number of rotatable bonds is 8. The third kappa shape index (κ3) is 4.25. The Labute approximate surface area is 185 Å². The normalized spacial score (nSPS) is 17.7. The summed E-state index contributed by atoms with van der Waals surface area (Å²) in [5.74, 6) is -0.968. The van der Waals surface area contributed by atoms with Gasteiger partial charge in [0, 0.05) is 43.4 Å². The highest BCUT2D eigenvalue weighted by Crippen LogP contribution is 2.39. The second-order valence-corrected chi connectivity index (χ2v) is 7.39. The number of aryl methyl sites for hydroxylation is 1. The highest BCUT2D eigenvalue weighted by molar-refractivity contribution is 6.46. The van der Waals surface area contributed by atoms with Crippen molar-refractivity contribution in [3.8, 4) is 5.75 Å². The SMILES string of the molecule is CCOc1cccc(C(O)=C2C(=O)C(=O)N(CCCn3ccnc3)[C@H]2c2ccncc2)c1. The van der Waals surface area contributed by atoms with Gasteiger partial charge in [0.05, 0.1) is 24.5 Å². The van der Waals surface area contributed by atoms with Gasteiger partial charge in [0.2, 0.25) is 0 Å². The summed E-state index contributed by atoms with van der Waals surface area (Å²) in [4.78, 5) is 35.6. The van der Waals surface area contributed by atoms with E-state index < -0.39 is 17.7 Å². The number of pyridine rings is 1. The Hall–Kier alpha value is -3.94. The van der Waals surface area contributed by atoms with E-state index in [-0.39, 0.29) is 11.3 Å². The number of aliphatic hydroxyl groups excluding tert-OH is 1. The molecule has 164 valence electrons. The van der Waals surface area contributed by atoms with Crippen molar-refractivity contribution >= 4 is 17.4 Å². The number of carbonyl (C=O) groups excluding carboxylic acids is 2. The lowest BCUT2D eigenvalue weighted by molar-refractivity contribution is -0.139. The summed E-state index contributed by atoms with van der Waals surface area (Å²) >= 11 is 0. The Kier molecular flexibility index (Phi) is 6.30. The summed E-state index contributed by atoms with van der Waals surface area (Å²) in [6, 6.07) is 9.67. The highest BCUT2D eigenvalue weighted by Gasteiger charge is 2.45. The van der Waals surface area contributed by atoms with Crippen LogP contribution in [0.4, 0.5) is 0 Å². The lowest BCUT2D eigenvalue weighted by Gasteiger charge is -2.25. The van der Waals surface area contributed by atoms with E-state index in [1.54, 1.807) is 61.3 Å². The number of Topliss-reactive ketones (excluding diaryl/α,β-unsaturated/α-hetero) is 1. The lowest BCUT2D eigenvalue weighted by atomic mass is 9.96. The number of benzene rings is 1. The van der Waals surface area contributed by atoms with Gasteiger partial charge in [0.25, 0.3) is 11.7 Å². The fourth-order valence-corrected chi connectivity index (χ4v) is 3.90. The van der Waals surface area contributed by atoms with Gasteiger partial charge in [-0.25, -0.2) is 4.98 Å². The molecular formula is C24H24N4O4. The maximum atomic E-state index is 13.0. The number of ether oxygens (including phenoxy) is 1. The number of hydrogen-bond donors (Lipinski definition) is 1. The van der Waals surface area contributed by atoms with E-state index in [1.807, 2.05) is 17.7 Å². The average molecular weight is 432 g/mol. The predicted molar refractivity (Wildman–Crippen MR) is 118 cm³/mol. The molecule has 1 N–H and O–H groups in total. The molecule has 1 aliphatic rings. The van der Waals surface area contributed by atoms with Gasteiger partial charge in [0.15, 0.2) is 0 Å². The zero-order valence-electron chi connectivity index (χ0n) is 17.7. The van der Waals surface area contributed by atoms with E-state index in [0.29, 0.717) is 43.0 Å². The van der Waals surface area contributed by atoms with Crippen molar-refractivity contribution in [2.45, 2.75) is 25.9 Å². The van der Waals surface area contributed by atoms with Gasteiger partial charge in [0.1, 0.15) is 11.5 Å². The molecule has 4 rings (SSSR count). The van der Waals surface area contributed by atoms with Crippen molar-refractivity contribution < 1.29 is 19.4 Å². The number of amides is 1. The Morgan fingerprint density at radius 3 is 2.62 bits per heavy atom. The summed E-state index contributed by atoms with van der Waals surface area (Å²) in [5, 5.41) is 11.1. The van der Waals surface area contributed by atoms with E-state index in [9.17, 15) is 14.7 Å². The maximum Gasteiger partial charge on any atom is 0.295 e. The monoisotopic (exact) mass is 432 g/mol. The van der Waals surface area contributed by atoms with Gasteiger partial charge in [-0.1, -0.05) is 12.1 Å². The van der Waals surface area contributed by atoms with Crippen LogP contribution >= 0.6 is 0 Å². The molecule has 3 aromatic rings. The maximum absolute atomic E-state index is 13.0. The Morgan fingerprint density at radius 2 is 1.91 bits per heavy atom. The van der Waals surface area contributed by atoms with Gasteiger partial charge >= 0.3 is 0 Å². The molecule has 0 radical (unpaired) electrons. The minimum absolute atomic E-state index is 0.0671. The zero-order valence-corrected chi connectivity index (χ0v) is 17.7. The van der Waals surface area contributed by atoms with Crippen molar-refractivity contribution in [2.24, 2.45) is 0 Å². The summed E-state index contributed by atoms with van der Waals surface area (Å²) < 4.78 is 7.43. The molecule has 0 unspecified atom stereocenters. The molecule has 32 heavy (non-hydrogen) atoms. The fourth-order valence-electron chi connectivity index (χ4n) is 3.90. The van der Waals surface area contributed by atoms with Crippen LogP contribution in [0.3, 0.4) is 0 Å². The molecule has 1 aliphatic heterocycles. The number of imidazole rings is 1. The Balaban J connectivity index is 1.71. The van der Waals surface area contributed by atoms with Gasteiger partial charge in [-0.15, -0.1) is 0 Å². The Bertz CT molecular complexity index is 1130. The minimum Gasteiger partial charge on any atom is -0.507 e. The third-order valence-electron chi connectivity index (χ3n) is 5.35. The number of hydrogen-bond acceptors (Lipinski definition) is 6. The predicted octanol–water partition coefficient (Wildman–Crippen LogP) is 3.19. The molecule has 1 fully saturated rings. The number of ketones is 1. The van der Waals surface area contributed by atoms with E-state index >= 15 is 0 Å². The molecule has 8 nitrogen and oxygen atoms in total. The van der Waals surface area contributed by atoms with Crippen LogP contribution in [0.2, 0.25) is 0 Å². The smallest absolute Gasteiger partial charge is 0.295 e. The number of nitrogens with zero attached hydrogens (tertiary/aromatic N) is 4. The second kappa shape index (κ2) is 9.47. The largest absolute Gasteiger partial charge is 0.507 e. The first kappa shape index (κ1) is 21.3. The summed E-state index contributed by atoms with van der Waals surface area (Å²) in [5.41, 5.74) is 1.20. The first-order chi connectivity index (χ1) is 15.6. The Morgan fingerprint density at radius 1 is 1.09 bits per heavy atom. The molecular weight excluding hydrogens is 408 g/mol. The first-order valence-electron chi connectivity index (χ1n) is 10.5. The molecule has 3 heterocycles. The quantitative estimate of drug-likeness (QED) is 0.334. The number of carbonyl (C=O) groups is 2. The lowest BCUT2D eigenvalue weighted by Crippen LogP contribution is -2.31. The molecule has 0 saturated carbocycles. The summed E-state index contributed by atoms with van der Waals surface area (Å²) in [6.07, 6.45) is 9.09. The van der Waals surface area contributed by atoms with Crippen LogP contribution in [0.25, 0.3) is 5.76 Å². The number of likely N-dealkylation sites (tertiary alicyclic amines) is 1. The second-order valence-electron chi connectivity index (χ2n) is 7.39. The molecule has 8 heteroatoms. The van der Waals surface area contributed by atoms with Gasteiger partial charge in [-0.3, -0.25) is 14.6 Å². The van der Waals surface area contributed by atoms with Crippen molar-refractivity contribution in [1.29, 1.82) is 0 Å². The molecule has 1 amide bonds. The minimum atomic E-state index is -0.700. The molecule has 0 aliphatic carbocycles. The van der Waals surface area contributed by atoms with E-state index in [0.717, 1.165) is 0 Å². The van der Waals surface area contributed by atoms with Gasteiger partial charge in [-0.2, -0.15) is 0 Å². The van der Waals surface area contributed by atoms with E-state index in [2.05, 4.69) is 9.97 Å². The molecule has 1 atom stereocenters. The first-order valence-corrected chi connectivity index (χ1v) is 10.5. The van der Waals surface area contributed by atoms with Crippen LogP contribution in [-0.4, -0.2) is 49.4 Å². The number of aliphatic hydroxyl groups is 1. The molecule has 0 bridgehead atoms. The molecule has 2 aromatic heterocycles. The summed E-state index contributed by atoms with van der Waals surface area (Å²) in [7, 11) is 0. The van der Waals surface area contributed by atoms with Crippen molar-refractivity contribution in [3.63, 3.8) is 0 Å². The van der Waals surface area contributed by atoms with Crippen LogP contribution in [-0.2, 0) is 16.1 Å². The van der Waals surface area contributed by atoms with Crippen molar-refractivity contribution in [1.82, 2.24) is 19.4 Å². The summed E-state index contributed by atoms with van der Waals surface area (Å²) in [6.45, 7) is 3.35. The number of aromatic nitrogens is 3. The van der Waals surface area contributed by atoms with Crippen molar-refractivity contribution in [2.75, 3.05) is 13.2 Å². The van der Waals surface area contributed by atoms with Crippen LogP contribution < -0.4 is 4.74 Å². The van der Waals surface area contributed by atoms with E-state index in [4.69, 9.17) is 4.74 Å². The van der Waals surface area contributed by atoms with Crippen LogP contribution in [0, 0.1) is 0 Å². The van der Waals surface area contributed by atoms with E-state index in [1.165, 1.54) is 4.90 Å². The van der Waals surface area contributed by atoms with Gasteiger partial charge < -0.3 is 19.3 Å². The topological polar surface area (TPSA) is 97.6 Å². The zero-order chi connectivity index (χ0) is 22.5. The fraction of sp³-hybridized carbons (Fsp3) is 0.250. The molecule has 1 saturated heterocycles. The van der Waals surface area contributed by atoms with Crippen LogP contribution in [0.1, 0.15) is 30.5 Å². The molecule has 0 spiro atoms. The van der Waals surface area contributed by atoms with Gasteiger partial charge in [-0.05, 0) is 43.2 Å². The highest BCUT2D eigenvalue weighted by atomic mass is 16.5. The van der Waals surface area contributed by atoms with Crippen LogP contribution in [0.15, 0.2) is 73.1 Å². The molecule has 1 aromatic carbocycles. The standard InChI is InChI=1S/C24H24N4O4/c1-2-32-19-6-3-5-18(15-19)22(29)20-21(17-7-9-25-10-8-17)28(24(31)23(20)30)13-4-12-27-14-11-26-16-27/h3,5-11,14-16,21,29H,2,4,12-13H2,1H3/t21-/m0/s1. The third-order valence-corrected chi connectivity index (χ3v) is 5.35. The average Bonchev–Trinajstić information content (AvgIpc) is 3.42.